The summed E-state index contributed by atoms with van der Waals surface area (Å²) in [6, 6.07) is 15.5. The van der Waals surface area contributed by atoms with Gasteiger partial charge in [0.25, 0.3) is 0 Å². The van der Waals surface area contributed by atoms with Crippen LogP contribution in [0.2, 0.25) is 0 Å². The van der Waals surface area contributed by atoms with Crippen molar-refractivity contribution in [3.8, 4) is 35.2 Å². The number of rotatable bonds is 9. The van der Waals surface area contributed by atoms with Crippen molar-refractivity contribution in [2.75, 3.05) is 13.7 Å². The lowest BCUT2D eigenvalue weighted by Gasteiger charge is -2.06. The van der Waals surface area contributed by atoms with Crippen LogP contribution in [0.3, 0.4) is 0 Å². The number of hydrogen-bond donors (Lipinski definition) is 0. The molecule has 0 aliphatic rings. The van der Waals surface area contributed by atoms with Crippen LogP contribution in [-0.4, -0.2) is 13.7 Å². The molecule has 0 aromatic heterocycles. The second-order valence-corrected chi connectivity index (χ2v) is 6.37. The van der Waals surface area contributed by atoms with Crippen LogP contribution in [0.15, 0.2) is 48.5 Å². The molecule has 2 aromatic carbocycles. The molecule has 0 unspecified atom stereocenters. The van der Waals surface area contributed by atoms with E-state index in [1.807, 2.05) is 48.5 Å². The highest BCUT2D eigenvalue weighted by atomic mass is 16.5. The van der Waals surface area contributed by atoms with Gasteiger partial charge in [-0.15, -0.1) is 0 Å². The molecule has 0 spiro atoms. The second-order valence-electron chi connectivity index (χ2n) is 6.37. The van der Waals surface area contributed by atoms with Crippen LogP contribution in [-0.2, 0) is 0 Å². The number of unbranched alkanes of at least 4 members (excludes halogenated alkanes) is 5. The normalized spacial score (nSPS) is 9.56. The predicted octanol–water partition coefficient (Wildman–Crippen LogP) is 5.84. The molecule has 0 fully saturated rings. The molecule has 2 aromatic rings. The van der Waals surface area contributed by atoms with Crippen molar-refractivity contribution in [3.63, 3.8) is 0 Å². The van der Waals surface area contributed by atoms with Gasteiger partial charge in [0, 0.05) is 11.1 Å². The van der Waals surface area contributed by atoms with Crippen molar-refractivity contribution in [1.29, 1.82) is 0 Å². The summed E-state index contributed by atoms with van der Waals surface area (Å²) in [4.78, 5) is 0. The molecular weight excluding hydrogens is 332 g/mol. The summed E-state index contributed by atoms with van der Waals surface area (Å²) < 4.78 is 10.9. The van der Waals surface area contributed by atoms with Crippen LogP contribution in [0.25, 0.3) is 0 Å². The average Bonchev–Trinajstić information content (AvgIpc) is 2.72. The Morgan fingerprint density at radius 2 is 1.19 bits per heavy atom. The Kier molecular flexibility index (Phi) is 9.48. The molecule has 0 saturated carbocycles. The van der Waals surface area contributed by atoms with Crippen molar-refractivity contribution >= 4 is 0 Å². The molecule has 140 valence electrons. The lowest BCUT2D eigenvalue weighted by Crippen LogP contribution is -1.97. The molecule has 0 aliphatic heterocycles. The summed E-state index contributed by atoms with van der Waals surface area (Å²) in [5, 5.41) is 0. The maximum atomic E-state index is 5.78. The molecule has 0 amide bonds. The minimum Gasteiger partial charge on any atom is -0.497 e. The summed E-state index contributed by atoms with van der Waals surface area (Å²) >= 11 is 0. The van der Waals surface area contributed by atoms with Crippen LogP contribution in [0.1, 0.15) is 56.6 Å². The van der Waals surface area contributed by atoms with Crippen LogP contribution in [0.5, 0.6) is 11.5 Å². The lowest BCUT2D eigenvalue weighted by atomic mass is 10.1. The van der Waals surface area contributed by atoms with E-state index >= 15 is 0 Å². The Morgan fingerprint density at radius 3 is 1.74 bits per heavy atom. The van der Waals surface area contributed by atoms with Gasteiger partial charge < -0.3 is 9.47 Å². The quantitative estimate of drug-likeness (QED) is 0.413. The summed E-state index contributed by atoms with van der Waals surface area (Å²) in [7, 11) is 1.65. The molecular formula is C25H28O2. The molecule has 0 bridgehead atoms. The highest BCUT2D eigenvalue weighted by Gasteiger charge is 1.95. The summed E-state index contributed by atoms with van der Waals surface area (Å²) in [5.74, 6) is 13.6. The molecule has 0 heterocycles. The van der Waals surface area contributed by atoms with Gasteiger partial charge in [0.05, 0.1) is 13.7 Å². The van der Waals surface area contributed by atoms with Crippen LogP contribution < -0.4 is 9.47 Å². The molecule has 0 saturated heterocycles. The smallest absolute Gasteiger partial charge is 0.119 e. The van der Waals surface area contributed by atoms with Gasteiger partial charge in [0.2, 0.25) is 0 Å². The zero-order valence-electron chi connectivity index (χ0n) is 16.4. The number of ether oxygens (including phenoxy) is 2. The predicted molar refractivity (Wildman–Crippen MR) is 112 cm³/mol. The summed E-state index contributed by atoms with van der Waals surface area (Å²) in [5.41, 5.74) is 1.86. The molecule has 0 N–H and O–H groups in total. The Bertz CT molecular complexity index is 781. The fourth-order valence-electron chi connectivity index (χ4n) is 2.59. The van der Waals surface area contributed by atoms with E-state index in [1.165, 1.54) is 32.1 Å². The monoisotopic (exact) mass is 360 g/mol. The first-order valence-electron chi connectivity index (χ1n) is 9.71. The van der Waals surface area contributed by atoms with Gasteiger partial charge in [-0.05, 0) is 66.8 Å². The first-order chi connectivity index (χ1) is 13.3. The number of methoxy groups -OCH3 is 1. The van der Waals surface area contributed by atoms with E-state index in [0.29, 0.717) is 0 Å². The largest absolute Gasteiger partial charge is 0.497 e. The first-order valence-corrected chi connectivity index (χ1v) is 9.71. The van der Waals surface area contributed by atoms with Crippen LogP contribution in [0.4, 0.5) is 0 Å². The van der Waals surface area contributed by atoms with Gasteiger partial charge in [0.1, 0.15) is 11.5 Å². The highest BCUT2D eigenvalue weighted by Crippen LogP contribution is 2.13. The van der Waals surface area contributed by atoms with Crippen molar-refractivity contribution in [2.24, 2.45) is 0 Å². The van der Waals surface area contributed by atoms with Gasteiger partial charge in [-0.25, -0.2) is 0 Å². The molecule has 2 nitrogen and oxygen atoms in total. The van der Waals surface area contributed by atoms with Gasteiger partial charge in [-0.1, -0.05) is 50.9 Å². The van der Waals surface area contributed by atoms with E-state index in [4.69, 9.17) is 9.47 Å². The highest BCUT2D eigenvalue weighted by molar-refractivity contribution is 5.46. The van der Waals surface area contributed by atoms with Gasteiger partial charge >= 0.3 is 0 Å². The van der Waals surface area contributed by atoms with Crippen molar-refractivity contribution in [2.45, 2.75) is 45.4 Å². The summed E-state index contributed by atoms with van der Waals surface area (Å²) in [6.45, 7) is 3.02. The third kappa shape index (κ3) is 8.39. The zero-order chi connectivity index (χ0) is 19.2. The van der Waals surface area contributed by atoms with Crippen LogP contribution >= 0.6 is 0 Å². The van der Waals surface area contributed by atoms with E-state index in [2.05, 4.69) is 30.6 Å². The second kappa shape index (κ2) is 12.5. The first kappa shape index (κ1) is 20.5. The van der Waals surface area contributed by atoms with E-state index in [1.54, 1.807) is 7.11 Å². The number of benzene rings is 2. The molecule has 27 heavy (non-hydrogen) atoms. The maximum absolute atomic E-state index is 5.78. The fraction of sp³-hybridized carbons (Fsp3) is 0.360. The van der Waals surface area contributed by atoms with Crippen LogP contribution in [0, 0.1) is 23.7 Å². The molecule has 0 aliphatic carbocycles. The zero-order valence-corrected chi connectivity index (χ0v) is 16.4. The Labute approximate surface area is 163 Å². The topological polar surface area (TPSA) is 18.5 Å². The third-order valence-corrected chi connectivity index (χ3v) is 4.19. The average molecular weight is 360 g/mol. The Hall–Kier alpha value is -2.84. The Balaban J connectivity index is 1.74. The minimum atomic E-state index is 0.782. The third-order valence-electron chi connectivity index (χ3n) is 4.19. The van der Waals surface area contributed by atoms with Crippen molar-refractivity contribution in [3.05, 3.63) is 59.7 Å². The molecule has 0 radical (unpaired) electrons. The molecule has 2 rings (SSSR count). The van der Waals surface area contributed by atoms with Crippen molar-refractivity contribution in [1.82, 2.24) is 0 Å². The summed E-state index contributed by atoms with van der Waals surface area (Å²) in [6.07, 6.45) is 7.64. The van der Waals surface area contributed by atoms with Gasteiger partial charge in [-0.3, -0.25) is 0 Å². The van der Waals surface area contributed by atoms with E-state index in [0.717, 1.165) is 35.7 Å². The maximum Gasteiger partial charge on any atom is 0.119 e. The SMILES string of the molecule is CCCCCCCCOc1ccc(C#CC#Cc2ccc(OC)cc2)cc1. The van der Waals surface area contributed by atoms with Gasteiger partial charge in [0.15, 0.2) is 0 Å². The fourth-order valence-corrected chi connectivity index (χ4v) is 2.59. The van der Waals surface area contributed by atoms with E-state index in [-0.39, 0.29) is 0 Å². The van der Waals surface area contributed by atoms with Crippen molar-refractivity contribution < 1.29 is 9.47 Å². The Morgan fingerprint density at radius 1 is 0.667 bits per heavy atom. The lowest BCUT2D eigenvalue weighted by molar-refractivity contribution is 0.304. The molecule has 2 heteroatoms. The minimum absolute atomic E-state index is 0.782. The van der Waals surface area contributed by atoms with Gasteiger partial charge in [-0.2, -0.15) is 0 Å². The standard InChI is InChI=1S/C25H28O2/c1-3-4-5-6-7-10-21-27-25-19-15-23(16-20-25)12-9-8-11-22-13-17-24(26-2)18-14-22/h13-20H,3-7,10,21H2,1-2H3. The molecule has 0 atom stereocenters. The number of hydrogen-bond acceptors (Lipinski definition) is 2. The van der Waals surface area contributed by atoms with E-state index in [9.17, 15) is 0 Å². The van der Waals surface area contributed by atoms with E-state index < -0.39 is 0 Å².